The van der Waals surface area contributed by atoms with Crippen LogP contribution in [-0.4, -0.2) is 15.0 Å². The molecule has 0 aliphatic rings. The molecule has 2 heterocycles. The molecule has 2 aromatic heterocycles. The van der Waals surface area contributed by atoms with Crippen LogP contribution >= 0.6 is 0 Å². The van der Waals surface area contributed by atoms with Crippen LogP contribution < -0.4 is 5.32 Å². The predicted octanol–water partition coefficient (Wildman–Crippen LogP) is 4.30. The maximum atomic E-state index is 4.62. The molecular weight excluding hydrogens is 296 g/mol. The molecule has 4 nitrogen and oxygen atoms in total. The first-order chi connectivity index (χ1) is 11.9. The molecule has 0 atom stereocenters. The van der Waals surface area contributed by atoms with Crippen molar-refractivity contribution in [3.05, 3.63) is 84.8 Å². The molecule has 2 aromatic carbocycles. The number of benzene rings is 2. The number of hydrogen-bond donors (Lipinski definition) is 1. The lowest BCUT2D eigenvalue weighted by Crippen LogP contribution is -2.04. The Balaban J connectivity index is 1.59. The number of anilines is 1. The van der Waals surface area contributed by atoms with Gasteiger partial charge in [0.2, 0.25) is 5.95 Å². The van der Waals surface area contributed by atoms with Gasteiger partial charge in [0.15, 0.2) is 0 Å². The number of nitrogens with zero attached hydrogens (tertiary/aromatic N) is 3. The van der Waals surface area contributed by atoms with Crippen molar-refractivity contribution in [2.24, 2.45) is 0 Å². The predicted molar refractivity (Wildman–Crippen MR) is 96.5 cm³/mol. The Bertz CT molecular complexity index is 967. The Morgan fingerprint density at radius 3 is 2.62 bits per heavy atom. The lowest BCUT2D eigenvalue weighted by molar-refractivity contribution is 1.04. The highest BCUT2D eigenvalue weighted by atomic mass is 15.1. The molecule has 0 aliphatic heterocycles. The number of rotatable bonds is 4. The van der Waals surface area contributed by atoms with Crippen molar-refractivity contribution in [2.75, 3.05) is 5.32 Å². The highest BCUT2D eigenvalue weighted by Crippen LogP contribution is 2.23. The van der Waals surface area contributed by atoms with E-state index in [1.165, 1.54) is 10.8 Å². The zero-order valence-electron chi connectivity index (χ0n) is 13.1. The molecule has 0 spiro atoms. The van der Waals surface area contributed by atoms with Gasteiger partial charge in [0.05, 0.1) is 5.69 Å². The van der Waals surface area contributed by atoms with E-state index in [0.717, 1.165) is 16.8 Å². The van der Waals surface area contributed by atoms with Gasteiger partial charge in [-0.25, -0.2) is 9.97 Å². The van der Waals surface area contributed by atoms with Gasteiger partial charge in [-0.15, -0.1) is 0 Å². The molecule has 0 unspecified atom stereocenters. The van der Waals surface area contributed by atoms with Crippen LogP contribution in [0.2, 0.25) is 0 Å². The van der Waals surface area contributed by atoms with E-state index in [4.69, 9.17) is 0 Å². The first kappa shape index (κ1) is 14.3. The van der Waals surface area contributed by atoms with Crippen LogP contribution in [0.4, 0.5) is 5.95 Å². The summed E-state index contributed by atoms with van der Waals surface area (Å²) in [5, 5.41) is 5.68. The third kappa shape index (κ3) is 3.08. The zero-order valence-corrected chi connectivity index (χ0v) is 13.1. The first-order valence-electron chi connectivity index (χ1n) is 7.83. The molecule has 0 saturated heterocycles. The van der Waals surface area contributed by atoms with Gasteiger partial charge in [-0.1, -0.05) is 42.5 Å². The van der Waals surface area contributed by atoms with Crippen LogP contribution in [0.5, 0.6) is 0 Å². The minimum Gasteiger partial charge on any atom is -0.350 e. The minimum absolute atomic E-state index is 0.615. The van der Waals surface area contributed by atoms with E-state index in [1.54, 1.807) is 12.4 Å². The van der Waals surface area contributed by atoms with Gasteiger partial charge in [-0.2, -0.15) is 0 Å². The van der Waals surface area contributed by atoms with Crippen molar-refractivity contribution in [1.82, 2.24) is 15.0 Å². The largest absolute Gasteiger partial charge is 0.350 e. The smallest absolute Gasteiger partial charge is 0.223 e. The minimum atomic E-state index is 0.615. The summed E-state index contributed by atoms with van der Waals surface area (Å²) >= 11 is 0. The third-order valence-electron chi connectivity index (χ3n) is 3.87. The summed E-state index contributed by atoms with van der Waals surface area (Å²) in [5.74, 6) is 0.615. The van der Waals surface area contributed by atoms with Crippen molar-refractivity contribution >= 4 is 16.7 Å². The van der Waals surface area contributed by atoms with E-state index in [9.17, 15) is 0 Å². The highest BCUT2D eigenvalue weighted by molar-refractivity contribution is 5.86. The lowest BCUT2D eigenvalue weighted by Gasteiger charge is -2.07. The van der Waals surface area contributed by atoms with Crippen LogP contribution in [0.3, 0.4) is 0 Å². The maximum Gasteiger partial charge on any atom is 0.223 e. The van der Waals surface area contributed by atoms with Gasteiger partial charge >= 0.3 is 0 Å². The Kier molecular flexibility index (Phi) is 3.86. The SMILES string of the molecule is c1cncc(CNc2nccc(-c3ccc4ccccc4c3)n2)c1. The summed E-state index contributed by atoms with van der Waals surface area (Å²) in [6, 6.07) is 20.6. The zero-order chi connectivity index (χ0) is 16.2. The molecule has 0 radical (unpaired) electrons. The molecule has 0 amide bonds. The van der Waals surface area contributed by atoms with Crippen LogP contribution in [0.15, 0.2) is 79.3 Å². The van der Waals surface area contributed by atoms with Crippen LogP contribution in [0, 0.1) is 0 Å². The molecule has 24 heavy (non-hydrogen) atoms. The Labute approximate surface area is 140 Å². The second-order valence-corrected chi connectivity index (χ2v) is 5.54. The van der Waals surface area contributed by atoms with Crippen LogP contribution in [0.1, 0.15) is 5.56 Å². The van der Waals surface area contributed by atoms with Gasteiger partial charge in [0, 0.05) is 30.7 Å². The molecule has 0 aliphatic carbocycles. The molecule has 0 bridgehead atoms. The van der Waals surface area contributed by atoms with Crippen molar-refractivity contribution < 1.29 is 0 Å². The molecule has 4 heteroatoms. The monoisotopic (exact) mass is 312 g/mol. The second-order valence-electron chi connectivity index (χ2n) is 5.54. The fraction of sp³-hybridized carbons (Fsp3) is 0.0500. The van der Waals surface area contributed by atoms with E-state index in [-0.39, 0.29) is 0 Å². The average molecular weight is 312 g/mol. The fourth-order valence-corrected chi connectivity index (χ4v) is 2.64. The maximum absolute atomic E-state index is 4.62. The van der Waals surface area contributed by atoms with Crippen LogP contribution in [-0.2, 0) is 6.54 Å². The summed E-state index contributed by atoms with van der Waals surface area (Å²) in [6.45, 7) is 0.648. The molecule has 1 N–H and O–H groups in total. The molecule has 116 valence electrons. The van der Waals surface area contributed by atoms with E-state index < -0.39 is 0 Å². The van der Waals surface area contributed by atoms with Crippen molar-refractivity contribution in [1.29, 1.82) is 0 Å². The quantitative estimate of drug-likeness (QED) is 0.610. The Morgan fingerprint density at radius 2 is 1.75 bits per heavy atom. The van der Waals surface area contributed by atoms with Gasteiger partial charge in [0.1, 0.15) is 0 Å². The van der Waals surface area contributed by atoms with Gasteiger partial charge in [-0.05, 0) is 34.5 Å². The number of hydrogen-bond acceptors (Lipinski definition) is 4. The summed E-state index contributed by atoms with van der Waals surface area (Å²) < 4.78 is 0. The number of fused-ring (bicyclic) bond motifs is 1. The normalized spacial score (nSPS) is 10.7. The van der Waals surface area contributed by atoms with E-state index >= 15 is 0 Å². The molecular formula is C20H16N4. The fourth-order valence-electron chi connectivity index (χ4n) is 2.64. The first-order valence-corrected chi connectivity index (χ1v) is 7.83. The van der Waals surface area contributed by atoms with Crippen molar-refractivity contribution in [3.8, 4) is 11.3 Å². The topological polar surface area (TPSA) is 50.7 Å². The lowest BCUT2D eigenvalue weighted by atomic mass is 10.1. The van der Waals surface area contributed by atoms with Gasteiger partial charge in [0.25, 0.3) is 0 Å². The standard InChI is InChI=1S/C20H16N4/c1-2-6-17-12-18(8-7-16(17)5-1)19-9-11-22-20(24-19)23-14-15-4-3-10-21-13-15/h1-13H,14H2,(H,22,23,24). The average Bonchev–Trinajstić information content (AvgIpc) is 2.67. The highest BCUT2D eigenvalue weighted by Gasteiger charge is 2.04. The molecule has 0 saturated carbocycles. The van der Waals surface area contributed by atoms with Crippen molar-refractivity contribution in [3.63, 3.8) is 0 Å². The van der Waals surface area contributed by atoms with Crippen LogP contribution in [0.25, 0.3) is 22.0 Å². The summed E-state index contributed by atoms with van der Waals surface area (Å²) in [6.07, 6.45) is 5.38. The summed E-state index contributed by atoms with van der Waals surface area (Å²) in [7, 11) is 0. The molecule has 0 fully saturated rings. The van der Waals surface area contributed by atoms with E-state index in [1.807, 2.05) is 36.5 Å². The van der Waals surface area contributed by atoms with E-state index in [2.05, 4.69) is 50.6 Å². The molecule has 4 rings (SSSR count). The van der Waals surface area contributed by atoms with Gasteiger partial charge < -0.3 is 5.32 Å². The summed E-state index contributed by atoms with van der Waals surface area (Å²) in [4.78, 5) is 13.0. The third-order valence-corrected chi connectivity index (χ3v) is 3.87. The molecule has 4 aromatic rings. The number of nitrogens with one attached hydrogen (secondary N) is 1. The summed E-state index contributed by atoms with van der Waals surface area (Å²) in [5.41, 5.74) is 3.09. The second kappa shape index (κ2) is 6.46. The van der Waals surface area contributed by atoms with Gasteiger partial charge in [-0.3, -0.25) is 4.98 Å². The van der Waals surface area contributed by atoms with E-state index in [0.29, 0.717) is 12.5 Å². The number of pyridine rings is 1. The Hall–Kier alpha value is -3.27. The number of aromatic nitrogens is 3. The van der Waals surface area contributed by atoms with Crippen molar-refractivity contribution in [2.45, 2.75) is 6.54 Å². The Morgan fingerprint density at radius 1 is 0.833 bits per heavy atom.